The monoisotopic (exact) mass is 361 g/mol. The van der Waals surface area contributed by atoms with E-state index in [0.29, 0.717) is 30.7 Å². The van der Waals surface area contributed by atoms with Gasteiger partial charge in [-0.3, -0.25) is 4.79 Å². The molecule has 0 saturated carbocycles. The zero-order valence-corrected chi connectivity index (χ0v) is 16.1. The fourth-order valence-corrected chi connectivity index (χ4v) is 2.91. The molecule has 1 amide bonds. The lowest BCUT2D eigenvalue weighted by atomic mass is 9.94. The van der Waals surface area contributed by atoms with Crippen LogP contribution in [0.2, 0.25) is 0 Å². The largest absolute Gasteiger partial charge is 0.497 e. The summed E-state index contributed by atoms with van der Waals surface area (Å²) in [6, 6.07) is 7.54. The fourth-order valence-electron chi connectivity index (χ4n) is 2.91. The summed E-state index contributed by atoms with van der Waals surface area (Å²) in [7, 11) is 2.95. The van der Waals surface area contributed by atoms with Crippen molar-refractivity contribution in [3.63, 3.8) is 0 Å². The Kier molecular flexibility index (Phi) is 6.42. The molecular formula is C20H27NO5. The predicted molar refractivity (Wildman–Crippen MR) is 97.5 cm³/mol. The lowest BCUT2D eigenvalue weighted by Crippen LogP contribution is -2.41. The number of hydrogen-bond donors (Lipinski definition) is 0. The molecule has 0 fully saturated rings. The molecule has 0 unspecified atom stereocenters. The molecule has 1 aromatic rings. The van der Waals surface area contributed by atoms with Crippen LogP contribution in [-0.4, -0.2) is 43.2 Å². The summed E-state index contributed by atoms with van der Waals surface area (Å²) in [5.41, 5.74) is 1.57. The van der Waals surface area contributed by atoms with E-state index in [4.69, 9.17) is 14.2 Å². The molecule has 0 atom stereocenters. The molecule has 1 heterocycles. The standard InChI is InChI=1S/C20H27NO5/c1-6-18(22)21(12-14-7-9-15(24-4)10-8-14)17-11-20(2,3)26-13-16(17)19(23)25-5/h7-10H,6,11-13H2,1-5H3. The molecule has 26 heavy (non-hydrogen) atoms. The van der Waals surface area contributed by atoms with Gasteiger partial charge in [-0.05, 0) is 31.5 Å². The third kappa shape index (κ3) is 4.64. The smallest absolute Gasteiger partial charge is 0.337 e. The Morgan fingerprint density at radius 1 is 1.19 bits per heavy atom. The summed E-state index contributed by atoms with van der Waals surface area (Å²) in [5, 5.41) is 0. The minimum absolute atomic E-state index is 0.0464. The van der Waals surface area contributed by atoms with Crippen LogP contribution in [0, 0.1) is 0 Å². The SMILES string of the molecule is CCC(=O)N(Cc1ccc(OC)cc1)C1=C(C(=O)OC)COC(C)(C)C1. The Morgan fingerprint density at radius 2 is 1.85 bits per heavy atom. The molecular weight excluding hydrogens is 334 g/mol. The van der Waals surface area contributed by atoms with E-state index >= 15 is 0 Å². The molecule has 1 aliphatic rings. The average Bonchev–Trinajstić information content (AvgIpc) is 2.64. The van der Waals surface area contributed by atoms with Gasteiger partial charge in [0.1, 0.15) is 5.75 Å². The third-order valence-corrected chi connectivity index (χ3v) is 4.41. The van der Waals surface area contributed by atoms with Gasteiger partial charge in [-0.25, -0.2) is 4.79 Å². The van der Waals surface area contributed by atoms with Gasteiger partial charge in [-0.2, -0.15) is 0 Å². The van der Waals surface area contributed by atoms with Crippen LogP contribution in [0.15, 0.2) is 35.5 Å². The van der Waals surface area contributed by atoms with Crippen molar-refractivity contribution < 1.29 is 23.8 Å². The molecule has 0 saturated heterocycles. The van der Waals surface area contributed by atoms with Crippen LogP contribution >= 0.6 is 0 Å². The lowest BCUT2D eigenvalue weighted by molar-refractivity contribution is -0.139. The van der Waals surface area contributed by atoms with Crippen LogP contribution in [0.3, 0.4) is 0 Å². The summed E-state index contributed by atoms with van der Waals surface area (Å²) in [5.74, 6) is 0.248. The second kappa shape index (κ2) is 8.36. The summed E-state index contributed by atoms with van der Waals surface area (Å²) in [4.78, 5) is 26.6. The van der Waals surface area contributed by atoms with Crippen LogP contribution < -0.4 is 4.74 Å². The Hall–Kier alpha value is -2.34. The number of carbonyl (C=O) groups excluding carboxylic acids is 2. The first-order chi connectivity index (χ1) is 12.3. The molecule has 142 valence electrons. The Bertz CT molecular complexity index is 691. The molecule has 0 aliphatic carbocycles. The maximum atomic E-state index is 12.7. The normalized spacial score (nSPS) is 16.2. The van der Waals surface area contributed by atoms with E-state index in [2.05, 4.69) is 0 Å². The molecule has 1 aliphatic heterocycles. The molecule has 6 heteroatoms. The molecule has 0 spiro atoms. The number of amides is 1. The summed E-state index contributed by atoms with van der Waals surface area (Å²) in [6.07, 6.45) is 0.800. The van der Waals surface area contributed by atoms with E-state index < -0.39 is 11.6 Å². The lowest BCUT2D eigenvalue weighted by Gasteiger charge is -2.37. The van der Waals surface area contributed by atoms with Crippen LogP contribution in [0.5, 0.6) is 5.75 Å². The number of rotatable bonds is 6. The number of ether oxygens (including phenoxy) is 3. The number of hydrogen-bond acceptors (Lipinski definition) is 5. The Balaban J connectivity index is 2.42. The number of benzene rings is 1. The zero-order chi connectivity index (χ0) is 19.3. The van der Waals surface area contributed by atoms with Gasteiger partial charge in [0.15, 0.2) is 0 Å². The maximum absolute atomic E-state index is 12.7. The highest BCUT2D eigenvalue weighted by molar-refractivity contribution is 5.91. The number of methoxy groups -OCH3 is 2. The van der Waals surface area contributed by atoms with Crippen LogP contribution in [0.4, 0.5) is 0 Å². The highest BCUT2D eigenvalue weighted by atomic mass is 16.5. The predicted octanol–water partition coefficient (Wildman–Crippen LogP) is 3.06. The van der Waals surface area contributed by atoms with Gasteiger partial charge in [0.2, 0.25) is 5.91 Å². The molecule has 0 radical (unpaired) electrons. The first-order valence-electron chi connectivity index (χ1n) is 8.69. The van der Waals surface area contributed by atoms with E-state index in [0.717, 1.165) is 11.3 Å². The van der Waals surface area contributed by atoms with Crippen molar-refractivity contribution in [1.29, 1.82) is 0 Å². The van der Waals surface area contributed by atoms with Gasteiger partial charge in [0.25, 0.3) is 0 Å². The Labute approximate surface area is 154 Å². The molecule has 0 bridgehead atoms. The molecule has 1 aromatic carbocycles. The van der Waals surface area contributed by atoms with Gasteiger partial charge in [0.05, 0.1) is 38.5 Å². The number of carbonyl (C=O) groups is 2. The highest BCUT2D eigenvalue weighted by Gasteiger charge is 2.35. The minimum Gasteiger partial charge on any atom is -0.497 e. The number of nitrogens with zero attached hydrogens (tertiary/aromatic N) is 1. The molecule has 0 aromatic heterocycles. The minimum atomic E-state index is -0.459. The van der Waals surface area contributed by atoms with Crippen LogP contribution in [0.25, 0.3) is 0 Å². The van der Waals surface area contributed by atoms with Crippen LogP contribution in [-0.2, 0) is 25.6 Å². The average molecular weight is 361 g/mol. The van der Waals surface area contributed by atoms with Crippen molar-refractivity contribution in [2.75, 3.05) is 20.8 Å². The van der Waals surface area contributed by atoms with E-state index in [1.54, 1.807) is 12.0 Å². The van der Waals surface area contributed by atoms with Crippen molar-refractivity contribution in [1.82, 2.24) is 4.90 Å². The third-order valence-electron chi connectivity index (χ3n) is 4.41. The van der Waals surface area contributed by atoms with Crippen molar-refractivity contribution in [3.8, 4) is 5.75 Å². The van der Waals surface area contributed by atoms with E-state index in [9.17, 15) is 9.59 Å². The quantitative estimate of drug-likeness (QED) is 0.729. The van der Waals surface area contributed by atoms with Crippen molar-refractivity contribution in [2.45, 2.75) is 45.8 Å². The van der Waals surface area contributed by atoms with Gasteiger partial charge in [-0.1, -0.05) is 19.1 Å². The summed E-state index contributed by atoms with van der Waals surface area (Å²) in [6.45, 7) is 6.21. The second-order valence-corrected chi connectivity index (χ2v) is 6.82. The molecule has 0 N–H and O–H groups in total. The van der Waals surface area contributed by atoms with Gasteiger partial charge in [0, 0.05) is 18.5 Å². The van der Waals surface area contributed by atoms with Crippen LogP contribution in [0.1, 0.15) is 39.2 Å². The molecule has 6 nitrogen and oxygen atoms in total. The molecule has 2 rings (SSSR count). The second-order valence-electron chi connectivity index (χ2n) is 6.82. The Morgan fingerprint density at radius 3 is 2.38 bits per heavy atom. The maximum Gasteiger partial charge on any atom is 0.337 e. The van der Waals surface area contributed by atoms with E-state index in [-0.39, 0.29) is 12.5 Å². The fraction of sp³-hybridized carbons (Fsp3) is 0.500. The first-order valence-corrected chi connectivity index (χ1v) is 8.69. The number of esters is 1. The van der Waals surface area contributed by atoms with Gasteiger partial charge in [-0.15, -0.1) is 0 Å². The first kappa shape index (κ1) is 20.0. The van der Waals surface area contributed by atoms with Crippen molar-refractivity contribution >= 4 is 11.9 Å². The van der Waals surface area contributed by atoms with Gasteiger partial charge < -0.3 is 19.1 Å². The van der Waals surface area contributed by atoms with Crippen molar-refractivity contribution in [2.24, 2.45) is 0 Å². The van der Waals surface area contributed by atoms with E-state index in [1.807, 2.05) is 45.0 Å². The summed E-state index contributed by atoms with van der Waals surface area (Å²) >= 11 is 0. The highest BCUT2D eigenvalue weighted by Crippen LogP contribution is 2.33. The van der Waals surface area contributed by atoms with E-state index in [1.165, 1.54) is 7.11 Å². The van der Waals surface area contributed by atoms with Gasteiger partial charge >= 0.3 is 5.97 Å². The van der Waals surface area contributed by atoms with Crippen molar-refractivity contribution in [3.05, 3.63) is 41.1 Å². The zero-order valence-electron chi connectivity index (χ0n) is 16.1. The topological polar surface area (TPSA) is 65.1 Å². The summed E-state index contributed by atoms with van der Waals surface area (Å²) < 4.78 is 15.8.